The van der Waals surface area contributed by atoms with Crippen LogP contribution < -0.4 is 5.32 Å². The van der Waals surface area contributed by atoms with Gasteiger partial charge in [0.2, 0.25) is 0 Å². The van der Waals surface area contributed by atoms with Gasteiger partial charge in [-0.05, 0) is 25.0 Å². The van der Waals surface area contributed by atoms with E-state index in [1.54, 1.807) is 18.7 Å². The molecule has 20 heavy (non-hydrogen) atoms. The van der Waals surface area contributed by atoms with Crippen LogP contribution in [0.4, 0.5) is 5.69 Å². The summed E-state index contributed by atoms with van der Waals surface area (Å²) in [5, 5.41) is 5.45. The lowest BCUT2D eigenvalue weighted by molar-refractivity contribution is 0.102. The monoisotopic (exact) mass is 289 g/mol. The third-order valence-corrected chi connectivity index (χ3v) is 3.93. The van der Waals surface area contributed by atoms with E-state index in [2.05, 4.69) is 15.3 Å². The predicted octanol–water partition coefficient (Wildman–Crippen LogP) is 2.81. The van der Waals surface area contributed by atoms with Crippen molar-refractivity contribution in [3.8, 4) is 0 Å². The van der Waals surface area contributed by atoms with Crippen molar-refractivity contribution in [3.63, 3.8) is 0 Å². The number of anilines is 1. The van der Waals surface area contributed by atoms with E-state index in [0.29, 0.717) is 18.2 Å². The van der Waals surface area contributed by atoms with Crippen LogP contribution in [0.3, 0.4) is 0 Å². The van der Waals surface area contributed by atoms with E-state index in [4.69, 9.17) is 4.74 Å². The Hall–Kier alpha value is -1.79. The quantitative estimate of drug-likeness (QED) is 0.919. The average Bonchev–Trinajstić information content (AvgIpc) is 3.19. The number of nitrogens with one attached hydrogen (secondary N) is 1. The van der Waals surface area contributed by atoms with Gasteiger partial charge in [-0.3, -0.25) is 9.78 Å². The molecule has 3 rings (SSSR count). The molecule has 2 heterocycles. The molecule has 6 heteroatoms. The lowest BCUT2D eigenvalue weighted by Gasteiger charge is -2.08. The van der Waals surface area contributed by atoms with Gasteiger partial charge in [0, 0.05) is 24.6 Å². The lowest BCUT2D eigenvalue weighted by atomic mass is 10.2. The first-order valence-corrected chi connectivity index (χ1v) is 7.35. The molecule has 104 valence electrons. The second kappa shape index (κ2) is 5.68. The lowest BCUT2D eigenvalue weighted by Crippen LogP contribution is -2.14. The largest absolute Gasteiger partial charge is 0.378 e. The molecule has 1 amide bonds. The zero-order chi connectivity index (χ0) is 13.9. The highest BCUT2D eigenvalue weighted by Crippen LogP contribution is 2.42. The molecule has 1 aliphatic rings. The van der Waals surface area contributed by atoms with Gasteiger partial charge in [0.1, 0.15) is 10.7 Å². The highest BCUT2D eigenvalue weighted by Gasteiger charge is 2.28. The number of thiazole rings is 1. The molecule has 0 unspecified atom stereocenters. The van der Waals surface area contributed by atoms with Gasteiger partial charge >= 0.3 is 0 Å². The van der Waals surface area contributed by atoms with Crippen molar-refractivity contribution in [1.29, 1.82) is 0 Å². The number of ether oxygens (including phenoxy) is 1. The molecular formula is C14H15N3O2S. The van der Waals surface area contributed by atoms with Crippen molar-refractivity contribution in [1.82, 2.24) is 9.97 Å². The van der Waals surface area contributed by atoms with E-state index < -0.39 is 0 Å². The van der Waals surface area contributed by atoms with Crippen LogP contribution in [0.1, 0.15) is 39.9 Å². The molecular weight excluding hydrogens is 274 g/mol. The van der Waals surface area contributed by atoms with Gasteiger partial charge in [-0.2, -0.15) is 0 Å². The zero-order valence-corrected chi connectivity index (χ0v) is 11.9. The van der Waals surface area contributed by atoms with Gasteiger partial charge in [0.15, 0.2) is 0 Å². The average molecular weight is 289 g/mol. The number of methoxy groups -OCH3 is 1. The number of pyridine rings is 1. The molecule has 1 N–H and O–H groups in total. The smallest absolute Gasteiger partial charge is 0.275 e. The van der Waals surface area contributed by atoms with Gasteiger partial charge in [0.25, 0.3) is 5.91 Å². The number of carbonyl (C=O) groups is 1. The van der Waals surface area contributed by atoms with E-state index in [-0.39, 0.29) is 5.91 Å². The molecule has 0 aliphatic heterocycles. The fraction of sp³-hybridized carbons (Fsp3) is 0.357. The van der Waals surface area contributed by atoms with E-state index in [1.807, 2.05) is 12.1 Å². The highest BCUT2D eigenvalue weighted by atomic mass is 32.1. The number of amides is 1. The first kappa shape index (κ1) is 13.2. The number of carbonyl (C=O) groups excluding carboxylic acids is 1. The van der Waals surface area contributed by atoms with Crippen molar-refractivity contribution in [2.24, 2.45) is 0 Å². The number of hydrogen-bond acceptors (Lipinski definition) is 5. The summed E-state index contributed by atoms with van der Waals surface area (Å²) < 4.78 is 5.00. The second-order valence-electron chi connectivity index (χ2n) is 4.72. The zero-order valence-electron chi connectivity index (χ0n) is 11.1. The fourth-order valence-electron chi connectivity index (χ4n) is 2.00. The Labute approximate surface area is 121 Å². The summed E-state index contributed by atoms with van der Waals surface area (Å²) in [4.78, 5) is 20.8. The first-order valence-electron chi connectivity index (χ1n) is 6.47. The van der Waals surface area contributed by atoms with Crippen molar-refractivity contribution < 1.29 is 9.53 Å². The van der Waals surface area contributed by atoms with Crippen molar-refractivity contribution in [3.05, 3.63) is 40.1 Å². The summed E-state index contributed by atoms with van der Waals surface area (Å²) in [6, 6.07) is 3.72. The molecule has 5 nitrogen and oxygen atoms in total. The maximum absolute atomic E-state index is 12.2. The van der Waals surface area contributed by atoms with E-state index in [0.717, 1.165) is 29.2 Å². The molecule has 0 bridgehead atoms. The van der Waals surface area contributed by atoms with Crippen LogP contribution in [-0.2, 0) is 11.3 Å². The minimum atomic E-state index is -0.196. The van der Waals surface area contributed by atoms with Crippen LogP contribution in [0.15, 0.2) is 23.7 Å². The Morgan fingerprint density at radius 3 is 3.15 bits per heavy atom. The Bertz CT molecular complexity index is 622. The summed E-state index contributed by atoms with van der Waals surface area (Å²) >= 11 is 1.42. The SMILES string of the molecule is COCc1nc(C(=O)Nc2cccnc2C2CC2)cs1. The molecule has 2 aromatic heterocycles. The third-order valence-electron chi connectivity index (χ3n) is 3.10. The van der Waals surface area contributed by atoms with E-state index in [9.17, 15) is 4.79 Å². The number of rotatable bonds is 5. The predicted molar refractivity (Wildman–Crippen MR) is 77.0 cm³/mol. The molecule has 0 radical (unpaired) electrons. The second-order valence-corrected chi connectivity index (χ2v) is 5.67. The summed E-state index contributed by atoms with van der Waals surface area (Å²) in [6.07, 6.45) is 4.06. The minimum Gasteiger partial charge on any atom is -0.378 e. The van der Waals surface area contributed by atoms with E-state index in [1.165, 1.54) is 11.3 Å². The number of nitrogens with zero attached hydrogens (tertiary/aromatic N) is 2. The fourth-order valence-corrected chi connectivity index (χ4v) is 2.74. The van der Waals surface area contributed by atoms with Crippen LogP contribution in [-0.4, -0.2) is 23.0 Å². The standard InChI is InChI=1S/C14H15N3O2S/c1-19-7-12-16-11(8-20-12)14(18)17-10-3-2-6-15-13(10)9-4-5-9/h2-3,6,8-9H,4-5,7H2,1H3,(H,17,18). The van der Waals surface area contributed by atoms with Crippen molar-refractivity contribution in [2.75, 3.05) is 12.4 Å². The van der Waals surface area contributed by atoms with Crippen LogP contribution in [0.25, 0.3) is 0 Å². The van der Waals surface area contributed by atoms with Gasteiger partial charge < -0.3 is 10.1 Å². The van der Waals surface area contributed by atoms with Crippen LogP contribution in [0.5, 0.6) is 0 Å². The topological polar surface area (TPSA) is 64.1 Å². The molecule has 0 spiro atoms. The molecule has 1 aliphatic carbocycles. The minimum absolute atomic E-state index is 0.196. The first-order chi connectivity index (χ1) is 9.78. The molecule has 1 saturated carbocycles. The third kappa shape index (κ3) is 2.86. The Balaban J connectivity index is 1.75. The summed E-state index contributed by atoms with van der Waals surface area (Å²) in [6.45, 7) is 0.429. The summed E-state index contributed by atoms with van der Waals surface area (Å²) in [5.74, 6) is 0.296. The maximum atomic E-state index is 12.2. The summed E-state index contributed by atoms with van der Waals surface area (Å²) in [5.41, 5.74) is 2.20. The molecule has 0 atom stereocenters. The highest BCUT2D eigenvalue weighted by molar-refractivity contribution is 7.09. The molecule has 0 aromatic carbocycles. The normalized spacial score (nSPS) is 14.2. The van der Waals surface area contributed by atoms with Crippen LogP contribution in [0, 0.1) is 0 Å². The van der Waals surface area contributed by atoms with Crippen molar-refractivity contribution >= 4 is 22.9 Å². The van der Waals surface area contributed by atoms with Gasteiger partial charge in [-0.15, -0.1) is 11.3 Å². The molecule has 2 aromatic rings. The van der Waals surface area contributed by atoms with Crippen LogP contribution >= 0.6 is 11.3 Å². The van der Waals surface area contributed by atoms with Gasteiger partial charge in [-0.1, -0.05) is 0 Å². The van der Waals surface area contributed by atoms with Crippen molar-refractivity contribution in [2.45, 2.75) is 25.4 Å². The van der Waals surface area contributed by atoms with Gasteiger partial charge in [0.05, 0.1) is 18.0 Å². The Morgan fingerprint density at radius 1 is 1.55 bits per heavy atom. The van der Waals surface area contributed by atoms with Gasteiger partial charge in [-0.25, -0.2) is 4.98 Å². The molecule has 1 fully saturated rings. The number of aromatic nitrogens is 2. The number of hydrogen-bond donors (Lipinski definition) is 1. The van der Waals surface area contributed by atoms with E-state index >= 15 is 0 Å². The Kier molecular flexibility index (Phi) is 3.75. The summed E-state index contributed by atoms with van der Waals surface area (Å²) in [7, 11) is 1.61. The maximum Gasteiger partial charge on any atom is 0.275 e. The van der Waals surface area contributed by atoms with Crippen LogP contribution in [0.2, 0.25) is 0 Å². The Morgan fingerprint density at radius 2 is 2.40 bits per heavy atom. The molecule has 0 saturated heterocycles.